The second-order valence-corrected chi connectivity index (χ2v) is 7.85. The molecule has 1 heterocycles. The van der Waals surface area contributed by atoms with Gasteiger partial charge in [-0.1, -0.05) is 27.7 Å². The van der Waals surface area contributed by atoms with Gasteiger partial charge in [-0.15, -0.1) is 0 Å². The molecule has 112 valence electrons. The highest BCUT2D eigenvalue weighted by Gasteiger charge is 2.34. The predicted molar refractivity (Wildman–Crippen MR) is 83.4 cm³/mol. The third kappa shape index (κ3) is 4.19. The molecule has 0 bridgehead atoms. The normalized spacial score (nSPS) is 41.7. The van der Waals surface area contributed by atoms with Gasteiger partial charge in [0.2, 0.25) is 0 Å². The molecule has 1 N–H and O–H groups in total. The van der Waals surface area contributed by atoms with Gasteiger partial charge in [0, 0.05) is 31.2 Å². The van der Waals surface area contributed by atoms with Crippen molar-refractivity contribution in [2.24, 2.45) is 17.8 Å². The Bertz CT molecular complexity index is 266. The maximum Gasteiger partial charge on any atom is 0.0198 e. The van der Waals surface area contributed by atoms with Crippen LogP contribution in [0.3, 0.4) is 0 Å². The summed E-state index contributed by atoms with van der Waals surface area (Å²) in [6.45, 7) is 14.4. The van der Waals surface area contributed by atoms with Crippen LogP contribution in [-0.4, -0.2) is 36.1 Å². The van der Waals surface area contributed by atoms with Crippen LogP contribution in [0.25, 0.3) is 0 Å². The molecule has 2 nitrogen and oxygen atoms in total. The highest BCUT2D eigenvalue weighted by molar-refractivity contribution is 4.91. The maximum atomic E-state index is 3.75. The molecule has 1 aliphatic heterocycles. The number of piperazine rings is 1. The summed E-state index contributed by atoms with van der Waals surface area (Å²) in [5, 5.41) is 3.75. The van der Waals surface area contributed by atoms with Crippen LogP contribution in [0.2, 0.25) is 0 Å². The number of nitrogens with one attached hydrogen (secondary N) is 1. The second-order valence-electron chi connectivity index (χ2n) is 7.85. The summed E-state index contributed by atoms with van der Waals surface area (Å²) >= 11 is 0. The molecule has 2 heteroatoms. The van der Waals surface area contributed by atoms with E-state index in [1.165, 1.54) is 38.8 Å². The van der Waals surface area contributed by atoms with Crippen molar-refractivity contribution in [1.29, 1.82) is 0 Å². The minimum atomic E-state index is 0.712. The summed E-state index contributed by atoms with van der Waals surface area (Å²) in [5.74, 6) is 2.63. The molecule has 0 amide bonds. The van der Waals surface area contributed by atoms with Crippen molar-refractivity contribution >= 4 is 0 Å². The van der Waals surface area contributed by atoms with Crippen molar-refractivity contribution < 1.29 is 0 Å². The van der Waals surface area contributed by atoms with E-state index in [4.69, 9.17) is 0 Å². The van der Waals surface area contributed by atoms with Gasteiger partial charge in [-0.25, -0.2) is 0 Å². The SMILES string of the molecule is CC(C)CC1CN(C2CC(C)CC(C)C2)C(C)CN1. The first-order valence-electron chi connectivity index (χ1n) is 8.44. The van der Waals surface area contributed by atoms with Crippen LogP contribution in [-0.2, 0) is 0 Å². The fourth-order valence-electron chi connectivity index (χ4n) is 4.36. The highest BCUT2D eigenvalue weighted by atomic mass is 15.3. The molecule has 0 aromatic carbocycles. The molecular weight excluding hydrogens is 232 g/mol. The van der Waals surface area contributed by atoms with E-state index >= 15 is 0 Å². The van der Waals surface area contributed by atoms with Gasteiger partial charge in [-0.05, 0) is 50.4 Å². The van der Waals surface area contributed by atoms with E-state index in [0.29, 0.717) is 12.1 Å². The first kappa shape index (κ1) is 15.3. The van der Waals surface area contributed by atoms with Gasteiger partial charge in [-0.3, -0.25) is 4.90 Å². The average Bonchev–Trinajstić information content (AvgIpc) is 2.29. The van der Waals surface area contributed by atoms with Crippen molar-refractivity contribution in [3.8, 4) is 0 Å². The lowest BCUT2D eigenvalue weighted by molar-refractivity contribution is 0.0417. The lowest BCUT2D eigenvalue weighted by Gasteiger charge is -2.47. The molecule has 4 unspecified atom stereocenters. The van der Waals surface area contributed by atoms with Gasteiger partial charge < -0.3 is 5.32 Å². The molecule has 2 rings (SSSR count). The van der Waals surface area contributed by atoms with Gasteiger partial charge in [-0.2, -0.15) is 0 Å². The summed E-state index contributed by atoms with van der Waals surface area (Å²) in [7, 11) is 0. The standard InChI is InChI=1S/C17H34N2/c1-12(2)6-16-11-19(15(5)10-18-16)17-8-13(3)7-14(4)9-17/h12-18H,6-11H2,1-5H3. The van der Waals surface area contributed by atoms with Crippen LogP contribution in [0.1, 0.15) is 60.3 Å². The van der Waals surface area contributed by atoms with Gasteiger partial charge in [0.15, 0.2) is 0 Å². The zero-order valence-electron chi connectivity index (χ0n) is 13.7. The third-order valence-electron chi connectivity index (χ3n) is 5.08. The predicted octanol–water partition coefficient (Wildman–Crippen LogP) is 3.52. The fourth-order valence-corrected chi connectivity index (χ4v) is 4.36. The molecular formula is C17H34N2. The molecule has 1 saturated heterocycles. The Balaban J connectivity index is 1.96. The molecule has 0 radical (unpaired) electrons. The van der Waals surface area contributed by atoms with Gasteiger partial charge >= 0.3 is 0 Å². The van der Waals surface area contributed by atoms with Crippen LogP contribution in [0.5, 0.6) is 0 Å². The van der Waals surface area contributed by atoms with E-state index in [0.717, 1.165) is 23.8 Å². The molecule has 4 atom stereocenters. The van der Waals surface area contributed by atoms with E-state index in [2.05, 4.69) is 44.8 Å². The summed E-state index contributed by atoms with van der Waals surface area (Å²) < 4.78 is 0. The Hall–Kier alpha value is -0.0800. The molecule has 2 fully saturated rings. The highest BCUT2D eigenvalue weighted by Crippen LogP contribution is 2.33. The largest absolute Gasteiger partial charge is 0.311 e. The molecule has 19 heavy (non-hydrogen) atoms. The minimum absolute atomic E-state index is 0.712. The Morgan fingerprint density at radius 3 is 2.26 bits per heavy atom. The zero-order valence-corrected chi connectivity index (χ0v) is 13.7. The van der Waals surface area contributed by atoms with Crippen molar-refractivity contribution in [3.05, 3.63) is 0 Å². The fraction of sp³-hybridized carbons (Fsp3) is 1.00. The van der Waals surface area contributed by atoms with Crippen LogP contribution < -0.4 is 5.32 Å². The lowest BCUT2D eigenvalue weighted by Crippen LogP contribution is -2.59. The summed E-state index contributed by atoms with van der Waals surface area (Å²) in [4.78, 5) is 2.83. The third-order valence-corrected chi connectivity index (χ3v) is 5.08. The van der Waals surface area contributed by atoms with Crippen molar-refractivity contribution in [2.45, 2.75) is 78.4 Å². The Morgan fingerprint density at radius 2 is 1.68 bits per heavy atom. The second kappa shape index (κ2) is 6.58. The molecule has 1 aliphatic carbocycles. The van der Waals surface area contributed by atoms with Crippen LogP contribution in [0.15, 0.2) is 0 Å². The Morgan fingerprint density at radius 1 is 1.05 bits per heavy atom. The number of hydrogen-bond donors (Lipinski definition) is 1. The lowest BCUT2D eigenvalue weighted by atomic mass is 9.79. The van der Waals surface area contributed by atoms with Gasteiger partial charge in [0.1, 0.15) is 0 Å². The minimum Gasteiger partial charge on any atom is -0.311 e. The molecule has 2 aliphatic rings. The number of rotatable bonds is 3. The summed E-state index contributed by atoms with van der Waals surface area (Å²) in [6.07, 6.45) is 5.60. The van der Waals surface area contributed by atoms with E-state index in [9.17, 15) is 0 Å². The van der Waals surface area contributed by atoms with E-state index < -0.39 is 0 Å². The first-order valence-corrected chi connectivity index (χ1v) is 8.44. The quantitative estimate of drug-likeness (QED) is 0.841. The van der Waals surface area contributed by atoms with E-state index in [-0.39, 0.29) is 0 Å². The summed E-state index contributed by atoms with van der Waals surface area (Å²) in [5.41, 5.74) is 0. The van der Waals surface area contributed by atoms with Gasteiger partial charge in [0.25, 0.3) is 0 Å². The van der Waals surface area contributed by atoms with E-state index in [1.54, 1.807) is 0 Å². The van der Waals surface area contributed by atoms with E-state index in [1.807, 2.05) is 0 Å². The summed E-state index contributed by atoms with van der Waals surface area (Å²) in [6, 6.07) is 2.26. The molecule has 0 spiro atoms. The monoisotopic (exact) mass is 266 g/mol. The average molecular weight is 266 g/mol. The smallest absolute Gasteiger partial charge is 0.0198 e. The maximum absolute atomic E-state index is 3.75. The zero-order chi connectivity index (χ0) is 14.0. The van der Waals surface area contributed by atoms with Crippen molar-refractivity contribution in [2.75, 3.05) is 13.1 Å². The topological polar surface area (TPSA) is 15.3 Å². The molecule has 1 saturated carbocycles. The van der Waals surface area contributed by atoms with Crippen LogP contribution in [0, 0.1) is 17.8 Å². The van der Waals surface area contributed by atoms with Crippen molar-refractivity contribution in [1.82, 2.24) is 10.2 Å². The van der Waals surface area contributed by atoms with Crippen molar-refractivity contribution in [3.63, 3.8) is 0 Å². The Labute approximate surface area is 120 Å². The Kier molecular flexibility index (Phi) is 5.30. The molecule has 0 aromatic rings. The van der Waals surface area contributed by atoms with Crippen LogP contribution in [0.4, 0.5) is 0 Å². The number of nitrogens with zero attached hydrogens (tertiary/aromatic N) is 1. The first-order chi connectivity index (χ1) is 8.95. The number of hydrogen-bond acceptors (Lipinski definition) is 2. The van der Waals surface area contributed by atoms with Gasteiger partial charge in [0.05, 0.1) is 0 Å². The molecule has 0 aromatic heterocycles. The van der Waals surface area contributed by atoms with Crippen LogP contribution >= 0.6 is 0 Å².